The van der Waals surface area contributed by atoms with Gasteiger partial charge < -0.3 is 5.32 Å². The lowest BCUT2D eigenvalue weighted by atomic mass is 10.4. The Hall–Kier alpha value is -2.96. The molecule has 1 amide bonds. The SMILES string of the molecule is O=C(Nc1ccc(-n2ccnc2)nc1)n1ccnc1. The first kappa shape index (κ1) is 11.1. The number of carbonyl (C=O) groups is 1. The van der Waals surface area contributed by atoms with Gasteiger partial charge in [0, 0.05) is 24.8 Å². The highest BCUT2D eigenvalue weighted by Gasteiger charge is 2.04. The predicted molar refractivity (Wildman–Crippen MR) is 68.0 cm³/mol. The van der Waals surface area contributed by atoms with Crippen molar-refractivity contribution in [3.05, 3.63) is 55.8 Å². The zero-order valence-electron chi connectivity index (χ0n) is 9.84. The highest BCUT2D eigenvalue weighted by atomic mass is 16.2. The van der Waals surface area contributed by atoms with Gasteiger partial charge in [-0.05, 0) is 12.1 Å². The van der Waals surface area contributed by atoms with Gasteiger partial charge in [0.05, 0.1) is 11.9 Å². The van der Waals surface area contributed by atoms with Crippen LogP contribution in [0.2, 0.25) is 0 Å². The van der Waals surface area contributed by atoms with Gasteiger partial charge in [0.25, 0.3) is 0 Å². The molecule has 0 aromatic carbocycles. The third-order valence-electron chi connectivity index (χ3n) is 2.51. The van der Waals surface area contributed by atoms with Gasteiger partial charge in [-0.1, -0.05) is 0 Å². The fraction of sp³-hybridized carbons (Fsp3) is 0. The Kier molecular flexibility index (Phi) is 2.77. The molecule has 1 N–H and O–H groups in total. The Morgan fingerprint density at radius 1 is 1.11 bits per heavy atom. The van der Waals surface area contributed by atoms with Gasteiger partial charge in [-0.3, -0.25) is 9.13 Å². The molecule has 0 aliphatic heterocycles. The molecule has 0 fully saturated rings. The Morgan fingerprint density at radius 2 is 1.95 bits per heavy atom. The van der Waals surface area contributed by atoms with E-state index >= 15 is 0 Å². The van der Waals surface area contributed by atoms with Crippen molar-refractivity contribution < 1.29 is 4.79 Å². The molecule has 7 nitrogen and oxygen atoms in total. The first-order valence-corrected chi connectivity index (χ1v) is 5.56. The molecule has 0 atom stereocenters. The van der Waals surface area contributed by atoms with Crippen molar-refractivity contribution >= 4 is 11.7 Å². The number of hydrogen-bond acceptors (Lipinski definition) is 4. The zero-order chi connectivity index (χ0) is 13.1. The summed E-state index contributed by atoms with van der Waals surface area (Å²) in [6, 6.07) is 3.29. The van der Waals surface area contributed by atoms with Crippen LogP contribution in [0.15, 0.2) is 55.8 Å². The summed E-state index contributed by atoms with van der Waals surface area (Å²) in [7, 11) is 0. The van der Waals surface area contributed by atoms with E-state index in [0.717, 1.165) is 5.82 Å². The topological polar surface area (TPSA) is 77.6 Å². The summed E-state index contributed by atoms with van der Waals surface area (Å²) < 4.78 is 3.13. The van der Waals surface area contributed by atoms with Crippen LogP contribution in [0, 0.1) is 0 Å². The molecule has 3 aromatic rings. The molecule has 3 heterocycles. The highest BCUT2D eigenvalue weighted by molar-refractivity contribution is 5.90. The van der Waals surface area contributed by atoms with Gasteiger partial charge in [-0.2, -0.15) is 0 Å². The van der Waals surface area contributed by atoms with Crippen LogP contribution in [0.25, 0.3) is 5.82 Å². The maximum atomic E-state index is 11.8. The largest absolute Gasteiger partial charge is 0.331 e. The van der Waals surface area contributed by atoms with Crippen LogP contribution >= 0.6 is 0 Å². The number of aromatic nitrogens is 5. The van der Waals surface area contributed by atoms with Gasteiger partial charge in [0.15, 0.2) is 0 Å². The van der Waals surface area contributed by atoms with Crippen LogP contribution in [0.4, 0.5) is 10.5 Å². The van der Waals surface area contributed by atoms with E-state index in [1.54, 1.807) is 54.0 Å². The van der Waals surface area contributed by atoms with E-state index in [4.69, 9.17) is 0 Å². The number of nitrogens with zero attached hydrogens (tertiary/aromatic N) is 5. The first-order chi connectivity index (χ1) is 9.33. The number of hydrogen-bond donors (Lipinski definition) is 1. The molecule has 3 aromatic heterocycles. The number of anilines is 1. The lowest BCUT2D eigenvalue weighted by Gasteiger charge is -2.06. The van der Waals surface area contributed by atoms with Crippen molar-refractivity contribution in [2.75, 3.05) is 5.32 Å². The van der Waals surface area contributed by atoms with Crippen LogP contribution in [-0.2, 0) is 0 Å². The molecule has 0 aliphatic carbocycles. The van der Waals surface area contributed by atoms with Gasteiger partial charge in [-0.15, -0.1) is 0 Å². The predicted octanol–water partition coefficient (Wildman–Crippen LogP) is 1.54. The number of rotatable bonds is 2. The van der Waals surface area contributed by atoms with Crippen LogP contribution < -0.4 is 5.32 Å². The van der Waals surface area contributed by atoms with Gasteiger partial charge in [0.1, 0.15) is 18.5 Å². The lowest BCUT2D eigenvalue weighted by Crippen LogP contribution is -2.17. The van der Waals surface area contributed by atoms with Crippen molar-refractivity contribution in [1.29, 1.82) is 0 Å². The van der Waals surface area contributed by atoms with E-state index in [9.17, 15) is 4.79 Å². The van der Waals surface area contributed by atoms with Crippen molar-refractivity contribution in [2.24, 2.45) is 0 Å². The normalized spacial score (nSPS) is 10.3. The summed E-state index contributed by atoms with van der Waals surface area (Å²) in [5.41, 5.74) is 0.613. The van der Waals surface area contributed by atoms with Gasteiger partial charge in [0.2, 0.25) is 0 Å². The van der Waals surface area contributed by atoms with E-state index < -0.39 is 0 Å². The second kappa shape index (κ2) is 4.73. The molecule has 0 saturated carbocycles. The fourth-order valence-corrected chi connectivity index (χ4v) is 1.57. The number of nitrogens with one attached hydrogen (secondary N) is 1. The lowest BCUT2D eigenvalue weighted by molar-refractivity contribution is 0.253. The van der Waals surface area contributed by atoms with Gasteiger partial charge in [-0.25, -0.2) is 19.7 Å². The molecule has 0 spiro atoms. The average Bonchev–Trinajstić information content (AvgIpc) is 3.13. The van der Waals surface area contributed by atoms with Crippen LogP contribution in [0.1, 0.15) is 0 Å². The summed E-state index contributed by atoms with van der Waals surface area (Å²) in [6.07, 6.45) is 11.3. The summed E-state index contributed by atoms with van der Waals surface area (Å²) in [5, 5.41) is 2.71. The van der Waals surface area contributed by atoms with Gasteiger partial charge >= 0.3 is 6.03 Å². The first-order valence-electron chi connectivity index (χ1n) is 5.56. The van der Waals surface area contributed by atoms with Crippen LogP contribution in [0.5, 0.6) is 0 Å². The molecule has 94 valence electrons. The van der Waals surface area contributed by atoms with Crippen molar-refractivity contribution in [2.45, 2.75) is 0 Å². The minimum Gasteiger partial charge on any atom is -0.306 e. The monoisotopic (exact) mass is 254 g/mol. The summed E-state index contributed by atoms with van der Waals surface area (Å²) >= 11 is 0. The Balaban J connectivity index is 1.75. The van der Waals surface area contributed by atoms with Crippen molar-refractivity contribution in [1.82, 2.24) is 24.1 Å². The number of pyridine rings is 1. The van der Waals surface area contributed by atoms with E-state index in [1.165, 1.54) is 10.9 Å². The average molecular weight is 254 g/mol. The molecule has 3 rings (SSSR count). The van der Waals surface area contributed by atoms with Crippen molar-refractivity contribution in [3.63, 3.8) is 0 Å². The Labute approximate surface area is 108 Å². The minimum atomic E-state index is -0.283. The zero-order valence-corrected chi connectivity index (χ0v) is 9.84. The van der Waals surface area contributed by atoms with E-state index in [1.807, 2.05) is 0 Å². The Bertz CT molecular complexity index is 657. The van der Waals surface area contributed by atoms with Crippen molar-refractivity contribution in [3.8, 4) is 5.82 Å². The number of carbonyl (C=O) groups excluding carboxylic acids is 1. The van der Waals surface area contributed by atoms with E-state index in [2.05, 4.69) is 20.3 Å². The maximum Gasteiger partial charge on any atom is 0.331 e. The quantitative estimate of drug-likeness (QED) is 0.752. The second-order valence-corrected chi connectivity index (χ2v) is 3.78. The van der Waals surface area contributed by atoms with E-state index in [0.29, 0.717) is 5.69 Å². The Morgan fingerprint density at radius 3 is 2.58 bits per heavy atom. The molecule has 7 heteroatoms. The smallest absolute Gasteiger partial charge is 0.306 e. The third kappa shape index (κ3) is 2.34. The van der Waals surface area contributed by atoms with E-state index in [-0.39, 0.29) is 6.03 Å². The molecule has 0 aliphatic rings. The maximum absolute atomic E-state index is 11.8. The second-order valence-electron chi connectivity index (χ2n) is 3.78. The molecular formula is C12H10N6O. The molecule has 0 radical (unpaired) electrons. The minimum absolute atomic E-state index is 0.283. The molecule has 0 unspecified atom stereocenters. The summed E-state index contributed by atoms with van der Waals surface area (Å²) in [4.78, 5) is 23.8. The highest BCUT2D eigenvalue weighted by Crippen LogP contribution is 2.09. The molecule has 19 heavy (non-hydrogen) atoms. The molecule has 0 bridgehead atoms. The summed E-state index contributed by atoms with van der Waals surface area (Å²) in [6.45, 7) is 0. The molecular weight excluding hydrogens is 244 g/mol. The molecule has 0 saturated heterocycles. The number of imidazole rings is 2. The third-order valence-corrected chi connectivity index (χ3v) is 2.51. The van der Waals surface area contributed by atoms with Crippen LogP contribution in [0.3, 0.4) is 0 Å². The standard InChI is InChI=1S/C12H10N6O/c19-12(18-6-4-14-9-18)16-10-1-2-11(15-7-10)17-5-3-13-8-17/h1-9H,(H,16,19). The fourth-order valence-electron chi connectivity index (χ4n) is 1.57. The number of amides is 1. The summed E-state index contributed by atoms with van der Waals surface area (Å²) in [5.74, 6) is 0.734. The van der Waals surface area contributed by atoms with Crippen LogP contribution in [-0.4, -0.2) is 30.1 Å².